The number of aliphatic hydroxyl groups is 1. The first-order chi connectivity index (χ1) is 16.2. The first-order valence-electron chi connectivity index (χ1n) is 11.1. The predicted octanol–water partition coefficient (Wildman–Crippen LogP) is 1.44. The molecule has 0 aromatic carbocycles. The third-order valence-corrected chi connectivity index (χ3v) is 5.04. The minimum absolute atomic E-state index is 0.00493. The molecule has 2 amide bonds. The second-order valence-electron chi connectivity index (χ2n) is 9.21. The van der Waals surface area contributed by atoms with Crippen molar-refractivity contribution >= 4 is 17.7 Å². The number of amides is 2. The van der Waals surface area contributed by atoms with Gasteiger partial charge in [-0.05, 0) is 27.7 Å². The van der Waals surface area contributed by atoms with Crippen LogP contribution in [0.4, 0.5) is 23.7 Å². The third-order valence-electron chi connectivity index (χ3n) is 5.04. The minimum Gasteiger partial charge on any atom is -0.444 e. The number of piperazine rings is 1. The lowest BCUT2D eigenvalue weighted by Crippen LogP contribution is -2.58. The molecule has 0 bridgehead atoms. The normalized spacial score (nSPS) is 17.8. The number of rotatable bonds is 8. The Morgan fingerprint density at radius 2 is 2.00 bits per heavy atom. The van der Waals surface area contributed by atoms with E-state index in [1.54, 1.807) is 32.8 Å². The van der Waals surface area contributed by atoms with Crippen molar-refractivity contribution in [1.29, 1.82) is 0 Å². The standard InChI is InChI=1S/C21H32F3N5O6/c1-13(26-15-9-25-27-18(32)17(15)21(22,23)24)12-34-8-5-16(31)29-7-6-28(10-14(29)11-30)19(33)35-20(2,3)4/h9,13-14,30H,5-8,10-12H2,1-4H3,(H2,26,27,32)/t13?,14-/m0/s1. The molecule has 0 spiro atoms. The van der Waals surface area contributed by atoms with Crippen molar-refractivity contribution in [3.63, 3.8) is 0 Å². The van der Waals surface area contributed by atoms with Gasteiger partial charge >= 0.3 is 12.3 Å². The Balaban J connectivity index is 1.82. The number of halogens is 3. The van der Waals surface area contributed by atoms with E-state index in [2.05, 4.69) is 10.4 Å². The van der Waals surface area contributed by atoms with E-state index in [4.69, 9.17) is 9.47 Å². The van der Waals surface area contributed by atoms with Gasteiger partial charge in [-0.2, -0.15) is 18.3 Å². The van der Waals surface area contributed by atoms with Crippen LogP contribution < -0.4 is 10.9 Å². The Bertz CT molecular complexity index is 933. The quantitative estimate of drug-likeness (QED) is 0.450. The van der Waals surface area contributed by atoms with Gasteiger partial charge in [0.25, 0.3) is 5.56 Å². The van der Waals surface area contributed by atoms with Crippen LogP contribution in [-0.4, -0.2) is 94.2 Å². The first kappa shape index (κ1) is 28.4. The van der Waals surface area contributed by atoms with Gasteiger partial charge in [-0.15, -0.1) is 0 Å². The number of nitrogens with zero attached hydrogens (tertiary/aromatic N) is 3. The molecule has 3 N–H and O–H groups in total. The number of aromatic nitrogens is 2. The average molecular weight is 508 g/mol. The molecule has 14 heteroatoms. The number of H-pyrrole nitrogens is 1. The molecule has 1 aliphatic heterocycles. The predicted molar refractivity (Wildman–Crippen MR) is 119 cm³/mol. The van der Waals surface area contributed by atoms with Crippen molar-refractivity contribution in [2.45, 2.75) is 58.0 Å². The van der Waals surface area contributed by atoms with Gasteiger partial charge in [0.1, 0.15) is 11.2 Å². The van der Waals surface area contributed by atoms with E-state index in [0.29, 0.717) is 0 Å². The largest absolute Gasteiger partial charge is 0.444 e. The van der Waals surface area contributed by atoms with E-state index in [9.17, 15) is 32.7 Å². The molecule has 0 aliphatic carbocycles. The minimum atomic E-state index is -4.86. The Morgan fingerprint density at radius 1 is 1.31 bits per heavy atom. The molecule has 1 aromatic rings. The Kier molecular flexibility index (Phi) is 9.49. The van der Waals surface area contributed by atoms with E-state index >= 15 is 0 Å². The summed E-state index contributed by atoms with van der Waals surface area (Å²) in [5.41, 5.74) is -3.87. The lowest BCUT2D eigenvalue weighted by molar-refractivity contribution is -0.139. The number of hydrogen-bond acceptors (Lipinski definition) is 8. The number of carbonyl (C=O) groups is 2. The highest BCUT2D eigenvalue weighted by Gasteiger charge is 2.37. The zero-order valence-electron chi connectivity index (χ0n) is 20.1. The molecule has 1 unspecified atom stereocenters. The third kappa shape index (κ3) is 8.38. The maximum atomic E-state index is 13.1. The molecule has 2 rings (SSSR count). The van der Waals surface area contributed by atoms with Crippen LogP contribution in [0.3, 0.4) is 0 Å². The molecule has 11 nitrogen and oxygen atoms in total. The summed E-state index contributed by atoms with van der Waals surface area (Å²) in [6.07, 6.45) is -4.52. The maximum absolute atomic E-state index is 13.1. The monoisotopic (exact) mass is 507 g/mol. The zero-order valence-corrected chi connectivity index (χ0v) is 20.1. The molecule has 35 heavy (non-hydrogen) atoms. The first-order valence-corrected chi connectivity index (χ1v) is 11.1. The number of alkyl halides is 3. The smallest absolute Gasteiger partial charge is 0.423 e. The van der Waals surface area contributed by atoms with Gasteiger partial charge < -0.3 is 29.7 Å². The van der Waals surface area contributed by atoms with Crippen LogP contribution in [0.25, 0.3) is 0 Å². The van der Waals surface area contributed by atoms with Gasteiger partial charge in [0.05, 0.1) is 44.2 Å². The zero-order chi connectivity index (χ0) is 26.4. The SMILES string of the molecule is CC(COCCC(=O)N1CCN(C(=O)OC(C)(C)C)C[C@H]1CO)Nc1cn[nH]c(=O)c1C(F)(F)F. The van der Waals surface area contributed by atoms with Crippen molar-refractivity contribution in [3.8, 4) is 0 Å². The number of aliphatic hydroxyl groups excluding tert-OH is 1. The Hall–Kier alpha value is -2.87. The van der Waals surface area contributed by atoms with Gasteiger partial charge in [-0.3, -0.25) is 9.59 Å². The number of ether oxygens (including phenoxy) is 2. The Labute approximate surface area is 200 Å². The summed E-state index contributed by atoms with van der Waals surface area (Å²) >= 11 is 0. The van der Waals surface area contributed by atoms with E-state index < -0.39 is 46.8 Å². The topological polar surface area (TPSA) is 137 Å². The number of carbonyl (C=O) groups excluding carboxylic acids is 2. The van der Waals surface area contributed by atoms with Crippen LogP contribution in [0.5, 0.6) is 0 Å². The van der Waals surface area contributed by atoms with Crippen molar-refractivity contribution in [2.75, 3.05) is 44.8 Å². The van der Waals surface area contributed by atoms with E-state index in [1.807, 2.05) is 0 Å². The number of nitrogens with one attached hydrogen (secondary N) is 2. The fourth-order valence-electron chi connectivity index (χ4n) is 3.49. The molecular weight excluding hydrogens is 475 g/mol. The molecule has 1 aromatic heterocycles. The number of hydrogen-bond donors (Lipinski definition) is 3. The fourth-order valence-corrected chi connectivity index (χ4v) is 3.49. The molecule has 2 heterocycles. The molecule has 1 fully saturated rings. The highest BCUT2D eigenvalue weighted by atomic mass is 19.4. The van der Waals surface area contributed by atoms with Crippen LogP contribution in [0.2, 0.25) is 0 Å². The lowest BCUT2D eigenvalue weighted by Gasteiger charge is -2.41. The summed E-state index contributed by atoms with van der Waals surface area (Å²) in [6.45, 7) is 7.02. The fraction of sp³-hybridized carbons (Fsp3) is 0.714. The maximum Gasteiger partial charge on any atom is 0.423 e. The summed E-state index contributed by atoms with van der Waals surface area (Å²) < 4.78 is 50.1. The second kappa shape index (κ2) is 11.7. The summed E-state index contributed by atoms with van der Waals surface area (Å²) in [4.78, 5) is 39.3. The number of anilines is 1. The van der Waals surface area contributed by atoms with Crippen LogP contribution in [0.15, 0.2) is 11.0 Å². The van der Waals surface area contributed by atoms with Gasteiger partial charge in [0.2, 0.25) is 5.91 Å². The molecular formula is C21H32F3N5O6. The van der Waals surface area contributed by atoms with Crippen molar-refractivity contribution in [3.05, 3.63) is 22.1 Å². The van der Waals surface area contributed by atoms with Gasteiger partial charge in [0.15, 0.2) is 0 Å². The summed E-state index contributed by atoms with van der Waals surface area (Å²) in [5, 5.41) is 17.4. The summed E-state index contributed by atoms with van der Waals surface area (Å²) in [7, 11) is 0. The van der Waals surface area contributed by atoms with Crippen LogP contribution in [-0.2, 0) is 20.4 Å². The van der Waals surface area contributed by atoms with E-state index in [0.717, 1.165) is 6.20 Å². The van der Waals surface area contributed by atoms with E-state index in [1.165, 1.54) is 9.80 Å². The Morgan fingerprint density at radius 3 is 2.60 bits per heavy atom. The second-order valence-corrected chi connectivity index (χ2v) is 9.21. The summed E-state index contributed by atoms with van der Waals surface area (Å²) in [5.74, 6) is -0.286. The molecule has 1 saturated heterocycles. The highest BCUT2D eigenvalue weighted by Crippen LogP contribution is 2.31. The van der Waals surface area contributed by atoms with E-state index in [-0.39, 0.29) is 51.8 Å². The average Bonchev–Trinajstić information content (AvgIpc) is 2.74. The van der Waals surface area contributed by atoms with Crippen molar-refractivity contribution in [1.82, 2.24) is 20.0 Å². The molecule has 1 aliphatic rings. The van der Waals surface area contributed by atoms with Crippen molar-refractivity contribution in [2.24, 2.45) is 0 Å². The van der Waals surface area contributed by atoms with Gasteiger partial charge in [-0.1, -0.05) is 0 Å². The van der Waals surface area contributed by atoms with Crippen molar-refractivity contribution < 1.29 is 37.3 Å². The van der Waals surface area contributed by atoms with Crippen LogP contribution >= 0.6 is 0 Å². The number of aromatic amines is 1. The van der Waals surface area contributed by atoms with Gasteiger partial charge in [-0.25, -0.2) is 9.89 Å². The van der Waals surface area contributed by atoms with Crippen LogP contribution in [0, 0.1) is 0 Å². The van der Waals surface area contributed by atoms with Gasteiger partial charge in [0, 0.05) is 25.7 Å². The lowest BCUT2D eigenvalue weighted by atomic mass is 10.1. The molecule has 0 saturated carbocycles. The highest BCUT2D eigenvalue weighted by molar-refractivity contribution is 5.77. The molecule has 198 valence electrons. The summed E-state index contributed by atoms with van der Waals surface area (Å²) in [6, 6.07) is -1.20. The van der Waals surface area contributed by atoms with Crippen LogP contribution in [0.1, 0.15) is 39.7 Å². The molecule has 2 atom stereocenters. The molecule has 0 radical (unpaired) electrons.